The zero-order valence-electron chi connectivity index (χ0n) is 11.3. The number of aryl methyl sites for hydroxylation is 1. The van der Waals surface area contributed by atoms with Crippen molar-refractivity contribution in [1.82, 2.24) is 9.88 Å². The molecule has 0 unspecified atom stereocenters. The fraction of sp³-hybridized carbons (Fsp3) is 0.583. The number of rotatable bonds is 6. The predicted molar refractivity (Wildman–Crippen MR) is 76.6 cm³/mol. The van der Waals surface area contributed by atoms with E-state index in [9.17, 15) is 14.9 Å². The second-order valence-corrected chi connectivity index (χ2v) is 5.09. The average molecular weight is 332 g/mol. The number of carbonyl (C=O) groups is 1. The van der Waals surface area contributed by atoms with Crippen LogP contribution in [0.2, 0.25) is 0 Å². The van der Waals surface area contributed by atoms with Gasteiger partial charge in [-0.25, -0.2) is 0 Å². The van der Waals surface area contributed by atoms with Gasteiger partial charge in [-0.05, 0) is 12.8 Å². The maximum Gasteiger partial charge on any atom is 0.287 e. The van der Waals surface area contributed by atoms with E-state index in [1.807, 2.05) is 13.8 Å². The Hall–Kier alpha value is -1.37. The van der Waals surface area contributed by atoms with E-state index in [-0.39, 0.29) is 17.1 Å². The molecule has 6 nitrogen and oxygen atoms in total. The highest BCUT2D eigenvalue weighted by atomic mass is 79.9. The van der Waals surface area contributed by atoms with Gasteiger partial charge in [0.2, 0.25) is 0 Å². The smallest absolute Gasteiger partial charge is 0.287 e. The molecule has 0 fully saturated rings. The molecule has 1 heterocycles. The van der Waals surface area contributed by atoms with Crippen LogP contribution >= 0.6 is 15.9 Å². The minimum Gasteiger partial charge on any atom is -0.345 e. The van der Waals surface area contributed by atoms with Crippen LogP contribution in [-0.4, -0.2) is 26.3 Å². The molecule has 1 aromatic heterocycles. The van der Waals surface area contributed by atoms with E-state index >= 15 is 0 Å². The van der Waals surface area contributed by atoms with Crippen molar-refractivity contribution in [2.45, 2.75) is 32.2 Å². The number of amides is 1. The van der Waals surface area contributed by atoms with Crippen molar-refractivity contribution in [2.24, 2.45) is 7.05 Å². The van der Waals surface area contributed by atoms with Gasteiger partial charge in [0.05, 0.1) is 11.1 Å². The number of carbonyl (C=O) groups excluding carboxylic acids is 1. The van der Waals surface area contributed by atoms with Gasteiger partial charge in [-0.1, -0.05) is 29.8 Å². The number of hydrogen-bond donors (Lipinski definition) is 1. The molecule has 0 saturated carbocycles. The summed E-state index contributed by atoms with van der Waals surface area (Å²) >= 11 is 3.41. The van der Waals surface area contributed by atoms with Crippen molar-refractivity contribution in [3.8, 4) is 0 Å². The summed E-state index contributed by atoms with van der Waals surface area (Å²) in [6, 6.07) is 1.29. The fourth-order valence-corrected chi connectivity index (χ4v) is 2.76. The summed E-state index contributed by atoms with van der Waals surface area (Å²) in [5, 5.41) is 14.3. The Labute approximate surface area is 120 Å². The van der Waals surface area contributed by atoms with Crippen LogP contribution in [0.25, 0.3) is 0 Å². The Bertz CT molecular complexity index is 472. The van der Waals surface area contributed by atoms with Crippen LogP contribution in [0.15, 0.2) is 12.3 Å². The number of halogens is 1. The zero-order chi connectivity index (χ0) is 14.6. The number of nitro groups is 1. The number of nitrogens with one attached hydrogen (secondary N) is 1. The zero-order valence-corrected chi connectivity index (χ0v) is 12.9. The Morgan fingerprint density at radius 1 is 1.53 bits per heavy atom. The van der Waals surface area contributed by atoms with Crippen LogP contribution in [0.3, 0.4) is 0 Å². The molecule has 0 bridgehead atoms. The number of hydrogen-bond acceptors (Lipinski definition) is 3. The fourth-order valence-electron chi connectivity index (χ4n) is 1.83. The molecular formula is C12H18BrN3O3. The molecule has 1 amide bonds. The first kappa shape index (κ1) is 15.7. The van der Waals surface area contributed by atoms with Crippen molar-refractivity contribution in [3.63, 3.8) is 0 Å². The summed E-state index contributed by atoms with van der Waals surface area (Å²) < 4.78 is 1.47. The van der Waals surface area contributed by atoms with Gasteiger partial charge in [0.25, 0.3) is 11.6 Å². The second-order valence-electron chi connectivity index (χ2n) is 4.53. The molecular weight excluding hydrogens is 314 g/mol. The van der Waals surface area contributed by atoms with E-state index in [4.69, 9.17) is 0 Å². The number of alkyl halides is 1. The van der Waals surface area contributed by atoms with Crippen LogP contribution in [0.4, 0.5) is 5.69 Å². The Morgan fingerprint density at radius 3 is 2.47 bits per heavy atom. The van der Waals surface area contributed by atoms with E-state index < -0.39 is 4.92 Å². The molecule has 0 atom stereocenters. The molecule has 0 aliphatic rings. The molecule has 1 rings (SSSR count). The van der Waals surface area contributed by atoms with Gasteiger partial charge < -0.3 is 9.88 Å². The van der Waals surface area contributed by atoms with Crippen LogP contribution < -0.4 is 5.32 Å². The van der Waals surface area contributed by atoms with Crippen molar-refractivity contribution in [1.29, 1.82) is 0 Å². The summed E-state index contributed by atoms with van der Waals surface area (Å²) in [5.41, 5.74) is -0.111. The lowest BCUT2D eigenvalue weighted by molar-refractivity contribution is -0.384. The summed E-state index contributed by atoms with van der Waals surface area (Å²) in [6.45, 7) is 4.00. The molecule has 7 heteroatoms. The third kappa shape index (κ3) is 3.34. The SMILES string of the molecule is CCC(CC)(CBr)NC(=O)c1cc([N+](=O)[O-])cn1C. The monoisotopic (exact) mass is 331 g/mol. The predicted octanol–water partition coefficient (Wildman–Crippen LogP) is 2.62. The average Bonchev–Trinajstić information content (AvgIpc) is 2.78. The van der Waals surface area contributed by atoms with E-state index in [0.717, 1.165) is 12.8 Å². The molecule has 0 aliphatic heterocycles. The van der Waals surface area contributed by atoms with Crippen LogP contribution in [0.1, 0.15) is 37.2 Å². The summed E-state index contributed by atoms with van der Waals surface area (Å²) in [4.78, 5) is 22.4. The normalized spacial score (nSPS) is 11.4. The van der Waals surface area contributed by atoms with Crippen LogP contribution in [0, 0.1) is 10.1 Å². The second kappa shape index (κ2) is 6.18. The van der Waals surface area contributed by atoms with Gasteiger partial charge in [-0.3, -0.25) is 14.9 Å². The Kier molecular flexibility index (Phi) is 5.11. The first-order valence-corrected chi connectivity index (χ1v) is 7.20. The van der Waals surface area contributed by atoms with Gasteiger partial charge >= 0.3 is 0 Å². The van der Waals surface area contributed by atoms with E-state index in [1.165, 1.54) is 16.8 Å². The summed E-state index contributed by atoms with van der Waals surface area (Å²) in [6.07, 6.45) is 2.91. The first-order valence-electron chi connectivity index (χ1n) is 6.08. The lowest BCUT2D eigenvalue weighted by atomic mass is 9.95. The minimum absolute atomic E-state index is 0.0786. The highest BCUT2D eigenvalue weighted by Crippen LogP contribution is 2.20. The van der Waals surface area contributed by atoms with Crippen LogP contribution in [-0.2, 0) is 7.05 Å². The van der Waals surface area contributed by atoms with Crippen molar-refractivity contribution in [3.05, 3.63) is 28.1 Å². The van der Waals surface area contributed by atoms with Crippen molar-refractivity contribution in [2.75, 3.05) is 5.33 Å². The Morgan fingerprint density at radius 2 is 2.11 bits per heavy atom. The van der Waals surface area contributed by atoms with Crippen molar-refractivity contribution < 1.29 is 9.72 Å². The standard InChI is InChI=1S/C12H18BrN3O3/c1-4-12(5-2,8-13)14-11(17)10-6-9(16(18)19)7-15(10)3/h6-7H,4-5,8H2,1-3H3,(H,14,17). The number of nitrogens with zero attached hydrogens (tertiary/aromatic N) is 2. The Balaban J connectivity index is 2.98. The van der Waals surface area contributed by atoms with Gasteiger partial charge in [-0.15, -0.1) is 0 Å². The topological polar surface area (TPSA) is 77.2 Å². The molecule has 0 aliphatic carbocycles. The van der Waals surface area contributed by atoms with Gasteiger partial charge in [0.15, 0.2) is 0 Å². The van der Waals surface area contributed by atoms with Crippen LogP contribution in [0.5, 0.6) is 0 Å². The van der Waals surface area contributed by atoms with Gasteiger partial charge in [0, 0.05) is 24.0 Å². The van der Waals surface area contributed by atoms with Crippen molar-refractivity contribution >= 4 is 27.5 Å². The molecule has 0 radical (unpaired) electrons. The summed E-state index contributed by atoms with van der Waals surface area (Å²) in [7, 11) is 1.62. The maximum atomic E-state index is 12.2. The molecule has 106 valence electrons. The molecule has 0 saturated heterocycles. The quantitative estimate of drug-likeness (QED) is 0.494. The third-order valence-electron chi connectivity index (χ3n) is 3.42. The van der Waals surface area contributed by atoms with E-state index in [0.29, 0.717) is 11.0 Å². The third-order valence-corrected chi connectivity index (χ3v) is 4.50. The largest absolute Gasteiger partial charge is 0.345 e. The lowest BCUT2D eigenvalue weighted by Crippen LogP contribution is -2.49. The molecule has 0 aromatic carbocycles. The minimum atomic E-state index is -0.506. The molecule has 1 N–H and O–H groups in total. The first-order chi connectivity index (χ1) is 8.89. The van der Waals surface area contributed by atoms with E-state index in [2.05, 4.69) is 21.2 Å². The number of aromatic nitrogens is 1. The lowest BCUT2D eigenvalue weighted by Gasteiger charge is -2.30. The highest BCUT2D eigenvalue weighted by Gasteiger charge is 2.29. The van der Waals surface area contributed by atoms with E-state index in [1.54, 1.807) is 7.05 Å². The summed E-state index contributed by atoms with van der Waals surface area (Å²) in [5.74, 6) is -0.293. The highest BCUT2D eigenvalue weighted by molar-refractivity contribution is 9.09. The molecule has 0 spiro atoms. The van der Waals surface area contributed by atoms with Gasteiger partial charge in [-0.2, -0.15) is 0 Å². The molecule has 19 heavy (non-hydrogen) atoms. The maximum absolute atomic E-state index is 12.2. The molecule has 1 aromatic rings. The van der Waals surface area contributed by atoms with Gasteiger partial charge in [0.1, 0.15) is 5.69 Å².